The average molecular weight is 351 g/mol. The van der Waals surface area contributed by atoms with Gasteiger partial charge in [-0.1, -0.05) is 17.7 Å². The largest absolute Gasteiger partial charge is 0.496 e. The second kappa shape index (κ2) is 8.15. The van der Waals surface area contributed by atoms with Gasteiger partial charge in [-0.3, -0.25) is 4.79 Å². The normalized spacial score (nSPS) is 11.9. The van der Waals surface area contributed by atoms with Crippen molar-refractivity contribution in [2.45, 2.75) is 24.8 Å². The fourth-order valence-electron chi connectivity index (χ4n) is 2.29. The van der Waals surface area contributed by atoms with Crippen molar-refractivity contribution in [3.63, 3.8) is 0 Å². The molecule has 1 N–H and O–H groups in total. The molecule has 1 amide bonds. The second-order valence-electron chi connectivity index (χ2n) is 5.40. The van der Waals surface area contributed by atoms with Crippen LogP contribution in [0, 0.1) is 18.6 Å². The lowest BCUT2D eigenvalue weighted by Crippen LogP contribution is -2.28. The Morgan fingerprint density at radius 3 is 2.67 bits per heavy atom. The van der Waals surface area contributed by atoms with Crippen molar-refractivity contribution in [2.75, 3.05) is 12.9 Å². The summed E-state index contributed by atoms with van der Waals surface area (Å²) in [5.74, 6) is -0.797. The molecule has 0 spiro atoms. The molecule has 24 heavy (non-hydrogen) atoms. The van der Waals surface area contributed by atoms with Gasteiger partial charge in [0.1, 0.15) is 17.4 Å². The summed E-state index contributed by atoms with van der Waals surface area (Å²) in [5.41, 5.74) is 1.94. The molecule has 0 fully saturated rings. The lowest BCUT2D eigenvalue weighted by atomic mass is 10.0. The zero-order valence-electron chi connectivity index (χ0n) is 13.7. The van der Waals surface area contributed by atoms with Gasteiger partial charge in [0.15, 0.2) is 0 Å². The van der Waals surface area contributed by atoms with E-state index in [4.69, 9.17) is 4.74 Å². The molecule has 2 aromatic carbocycles. The lowest BCUT2D eigenvalue weighted by Gasteiger charge is -2.18. The zero-order valence-corrected chi connectivity index (χ0v) is 14.5. The SMILES string of the molecule is COc1ccc(C)cc1C(C)NC(=O)CSc1ccc(F)cc1F. The van der Waals surface area contributed by atoms with E-state index < -0.39 is 11.6 Å². The Balaban J connectivity index is 1.98. The molecule has 0 aliphatic rings. The van der Waals surface area contributed by atoms with Crippen LogP contribution in [-0.4, -0.2) is 18.8 Å². The molecular weight excluding hydrogens is 332 g/mol. The highest BCUT2D eigenvalue weighted by molar-refractivity contribution is 8.00. The molecule has 0 aliphatic carbocycles. The number of rotatable bonds is 6. The minimum atomic E-state index is -0.666. The van der Waals surface area contributed by atoms with E-state index in [1.807, 2.05) is 32.0 Å². The summed E-state index contributed by atoms with van der Waals surface area (Å²) < 4.78 is 31.7. The van der Waals surface area contributed by atoms with Crippen LogP contribution in [0.25, 0.3) is 0 Å². The third kappa shape index (κ3) is 4.71. The van der Waals surface area contributed by atoms with Crippen molar-refractivity contribution < 1.29 is 18.3 Å². The van der Waals surface area contributed by atoms with E-state index in [2.05, 4.69) is 5.32 Å². The molecule has 3 nitrogen and oxygen atoms in total. The third-order valence-electron chi connectivity index (χ3n) is 3.48. The molecule has 0 heterocycles. The van der Waals surface area contributed by atoms with Crippen molar-refractivity contribution in [1.29, 1.82) is 0 Å². The maximum absolute atomic E-state index is 13.6. The highest BCUT2D eigenvalue weighted by Gasteiger charge is 2.15. The Labute approximate surface area is 144 Å². The first-order valence-corrected chi connectivity index (χ1v) is 8.41. The van der Waals surface area contributed by atoms with Gasteiger partial charge >= 0.3 is 0 Å². The Kier molecular flexibility index (Phi) is 6.20. The molecule has 2 aromatic rings. The van der Waals surface area contributed by atoms with Crippen molar-refractivity contribution in [2.24, 2.45) is 0 Å². The number of aryl methyl sites for hydroxylation is 1. The summed E-state index contributed by atoms with van der Waals surface area (Å²) >= 11 is 1.03. The maximum atomic E-state index is 13.6. The number of ether oxygens (including phenoxy) is 1. The summed E-state index contributed by atoms with van der Waals surface area (Å²) in [7, 11) is 1.58. The van der Waals surface area contributed by atoms with Crippen LogP contribution in [-0.2, 0) is 4.79 Å². The number of carbonyl (C=O) groups is 1. The van der Waals surface area contributed by atoms with E-state index in [9.17, 15) is 13.6 Å². The molecule has 1 unspecified atom stereocenters. The Bertz CT molecular complexity index is 737. The molecule has 0 saturated carbocycles. The molecule has 0 saturated heterocycles. The Morgan fingerprint density at radius 1 is 1.25 bits per heavy atom. The number of hydrogen-bond acceptors (Lipinski definition) is 3. The fraction of sp³-hybridized carbons (Fsp3) is 0.278. The number of benzene rings is 2. The van der Waals surface area contributed by atoms with Crippen molar-refractivity contribution in [1.82, 2.24) is 5.32 Å². The maximum Gasteiger partial charge on any atom is 0.230 e. The second-order valence-corrected chi connectivity index (χ2v) is 6.42. The fourth-order valence-corrected chi connectivity index (χ4v) is 3.02. The summed E-state index contributed by atoms with van der Waals surface area (Å²) in [5, 5.41) is 2.86. The van der Waals surface area contributed by atoms with E-state index in [0.29, 0.717) is 5.75 Å². The number of methoxy groups -OCH3 is 1. The highest BCUT2D eigenvalue weighted by atomic mass is 32.2. The quantitative estimate of drug-likeness (QED) is 0.791. The number of nitrogens with one attached hydrogen (secondary N) is 1. The van der Waals surface area contributed by atoms with Gasteiger partial charge in [0.05, 0.1) is 18.9 Å². The van der Waals surface area contributed by atoms with Crippen molar-refractivity contribution in [3.8, 4) is 5.75 Å². The first-order chi connectivity index (χ1) is 11.4. The zero-order chi connectivity index (χ0) is 17.7. The van der Waals surface area contributed by atoms with Crippen LogP contribution in [0.2, 0.25) is 0 Å². The minimum Gasteiger partial charge on any atom is -0.496 e. The van der Waals surface area contributed by atoms with Gasteiger partial charge in [0.25, 0.3) is 0 Å². The number of hydrogen-bond donors (Lipinski definition) is 1. The van der Waals surface area contributed by atoms with Gasteiger partial charge in [0.2, 0.25) is 5.91 Å². The molecule has 0 aliphatic heterocycles. The highest BCUT2D eigenvalue weighted by Crippen LogP contribution is 2.27. The molecule has 0 bridgehead atoms. The standard InChI is InChI=1S/C18H19F2NO2S/c1-11-4-6-16(23-3)14(8-11)12(2)21-18(22)10-24-17-7-5-13(19)9-15(17)20/h4-9,12H,10H2,1-3H3,(H,21,22). The van der Waals surface area contributed by atoms with Crippen LogP contribution in [0.5, 0.6) is 5.75 Å². The van der Waals surface area contributed by atoms with Crippen LogP contribution in [0.4, 0.5) is 8.78 Å². The lowest BCUT2D eigenvalue weighted by molar-refractivity contribution is -0.119. The minimum absolute atomic E-state index is 0.0427. The average Bonchev–Trinajstić information content (AvgIpc) is 2.54. The molecule has 6 heteroatoms. The summed E-state index contributed by atoms with van der Waals surface area (Å²) in [6.45, 7) is 3.82. The van der Waals surface area contributed by atoms with E-state index in [1.54, 1.807) is 7.11 Å². The van der Waals surface area contributed by atoms with Crippen molar-refractivity contribution >= 4 is 17.7 Å². The molecule has 128 valence electrons. The number of amides is 1. The third-order valence-corrected chi connectivity index (χ3v) is 4.53. The van der Waals surface area contributed by atoms with Crippen LogP contribution >= 0.6 is 11.8 Å². The van der Waals surface area contributed by atoms with Gasteiger partial charge < -0.3 is 10.1 Å². The van der Waals surface area contributed by atoms with Gasteiger partial charge in [-0.05, 0) is 32.0 Å². The van der Waals surface area contributed by atoms with Gasteiger partial charge in [-0.15, -0.1) is 11.8 Å². The van der Waals surface area contributed by atoms with E-state index in [1.165, 1.54) is 12.1 Å². The van der Waals surface area contributed by atoms with Crippen LogP contribution in [0.15, 0.2) is 41.3 Å². The summed E-state index contributed by atoms with van der Waals surface area (Å²) in [4.78, 5) is 12.3. The van der Waals surface area contributed by atoms with Gasteiger partial charge in [-0.25, -0.2) is 8.78 Å². The molecule has 0 aromatic heterocycles. The first kappa shape index (κ1) is 18.3. The van der Waals surface area contributed by atoms with Crippen LogP contribution in [0.3, 0.4) is 0 Å². The number of halogens is 2. The summed E-state index contributed by atoms with van der Waals surface area (Å²) in [6, 6.07) is 8.81. The Morgan fingerprint density at radius 2 is 2.00 bits per heavy atom. The predicted molar refractivity (Wildman–Crippen MR) is 91.4 cm³/mol. The molecule has 2 rings (SSSR count). The monoisotopic (exact) mass is 351 g/mol. The van der Waals surface area contributed by atoms with Crippen LogP contribution < -0.4 is 10.1 Å². The Hall–Kier alpha value is -2.08. The molecule has 1 atom stereocenters. The smallest absolute Gasteiger partial charge is 0.230 e. The van der Waals surface area contributed by atoms with E-state index in [-0.39, 0.29) is 22.6 Å². The summed E-state index contributed by atoms with van der Waals surface area (Å²) in [6.07, 6.45) is 0. The van der Waals surface area contributed by atoms with Gasteiger partial charge in [-0.2, -0.15) is 0 Å². The molecule has 0 radical (unpaired) electrons. The van der Waals surface area contributed by atoms with E-state index in [0.717, 1.165) is 29.0 Å². The van der Waals surface area contributed by atoms with Gasteiger partial charge in [0, 0.05) is 16.5 Å². The number of thioether (sulfide) groups is 1. The van der Waals surface area contributed by atoms with Crippen LogP contribution in [0.1, 0.15) is 24.1 Å². The predicted octanol–water partition coefficient (Wildman–Crippen LogP) is 4.25. The van der Waals surface area contributed by atoms with Crippen molar-refractivity contribution in [3.05, 3.63) is 59.2 Å². The first-order valence-electron chi connectivity index (χ1n) is 7.42. The van der Waals surface area contributed by atoms with E-state index >= 15 is 0 Å². The number of carbonyl (C=O) groups excluding carboxylic acids is 1. The molecular formula is C18H19F2NO2S. The topological polar surface area (TPSA) is 38.3 Å².